The summed E-state index contributed by atoms with van der Waals surface area (Å²) in [6.45, 7) is 4.08. The number of benzene rings is 1. The minimum Gasteiger partial charge on any atom is -0.325 e. The molecule has 0 saturated carbocycles. The first-order chi connectivity index (χ1) is 8.13. The fourth-order valence-corrected chi connectivity index (χ4v) is 1.64. The van der Waals surface area contributed by atoms with Crippen LogP contribution in [0.3, 0.4) is 0 Å². The van der Waals surface area contributed by atoms with E-state index in [-0.39, 0.29) is 12.2 Å². The number of hydrogen-bond donors (Lipinski definition) is 1. The van der Waals surface area contributed by atoms with Crippen LogP contribution in [0, 0.1) is 19.7 Å². The third-order valence-electron chi connectivity index (χ3n) is 2.84. The minimum atomic E-state index is -0.432. The van der Waals surface area contributed by atoms with Gasteiger partial charge in [-0.05, 0) is 31.0 Å². The average molecular weight is 231 g/mol. The number of hydrogen-bond acceptors (Lipinski definition) is 3. The molecule has 2 aromatic rings. The van der Waals surface area contributed by atoms with Crippen molar-refractivity contribution in [3.8, 4) is 11.3 Å². The largest absolute Gasteiger partial charge is 0.325 e. The van der Waals surface area contributed by atoms with Crippen molar-refractivity contribution in [2.75, 3.05) is 0 Å². The van der Waals surface area contributed by atoms with E-state index in [4.69, 9.17) is 5.73 Å². The fraction of sp³-hybridized carbons (Fsp3) is 0.231. The van der Waals surface area contributed by atoms with Gasteiger partial charge in [0.05, 0.1) is 5.69 Å². The maximum absolute atomic E-state index is 14.0. The molecule has 17 heavy (non-hydrogen) atoms. The van der Waals surface area contributed by atoms with Gasteiger partial charge in [-0.15, -0.1) is 0 Å². The summed E-state index contributed by atoms with van der Waals surface area (Å²) in [6, 6.07) is 5.73. The highest BCUT2D eigenvalue weighted by Crippen LogP contribution is 2.23. The van der Waals surface area contributed by atoms with Crippen LogP contribution in [0.25, 0.3) is 11.3 Å². The van der Waals surface area contributed by atoms with Crippen LogP contribution in [0.15, 0.2) is 24.5 Å². The second-order valence-corrected chi connectivity index (χ2v) is 3.99. The number of nitrogens with two attached hydrogens (primary N) is 1. The van der Waals surface area contributed by atoms with Crippen molar-refractivity contribution in [2.45, 2.75) is 20.4 Å². The molecule has 0 amide bonds. The van der Waals surface area contributed by atoms with Crippen LogP contribution in [0.5, 0.6) is 0 Å². The number of aromatic nitrogens is 2. The molecular formula is C13H14FN3. The number of aryl methyl sites for hydroxylation is 2. The minimum absolute atomic E-state index is 0.0756. The van der Waals surface area contributed by atoms with E-state index in [9.17, 15) is 4.39 Å². The molecule has 0 fully saturated rings. The summed E-state index contributed by atoms with van der Waals surface area (Å²) < 4.78 is 14.0. The van der Waals surface area contributed by atoms with Crippen molar-refractivity contribution in [3.05, 3.63) is 47.2 Å². The fourth-order valence-electron chi connectivity index (χ4n) is 1.64. The average Bonchev–Trinajstić information content (AvgIpc) is 2.33. The summed E-state index contributed by atoms with van der Waals surface area (Å²) in [7, 11) is 0. The molecule has 4 heteroatoms. The van der Waals surface area contributed by atoms with E-state index in [1.54, 1.807) is 0 Å². The molecule has 1 heterocycles. The number of rotatable bonds is 2. The Hall–Kier alpha value is -1.81. The molecule has 0 radical (unpaired) electrons. The van der Waals surface area contributed by atoms with Crippen LogP contribution < -0.4 is 5.73 Å². The van der Waals surface area contributed by atoms with Crippen molar-refractivity contribution in [3.63, 3.8) is 0 Å². The molecule has 0 aliphatic rings. The van der Waals surface area contributed by atoms with Crippen LogP contribution in [0.2, 0.25) is 0 Å². The standard InChI is InChI=1S/C13H14FN3/c1-8-3-4-10(5-9(8)2)13-12(14)11(6-15)16-7-17-13/h3-5,7H,6,15H2,1-2H3. The first kappa shape index (κ1) is 11.7. The Morgan fingerprint density at radius 1 is 1.18 bits per heavy atom. The Morgan fingerprint density at radius 2 is 1.94 bits per heavy atom. The predicted octanol–water partition coefficient (Wildman–Crippen LogP) is 2.36. The molecule has 0 aliphatic carbocycles. The normalized spacial score (nSPS) is 10.6. The van der Waals surface area contributed by atoms with E-state index < -0.39 is 5.82 Å². The van der Waals surface area contributed by atoms with Crippen LogP contribution in [0.4, 0.5) is 4.39 Å². The molecule has 0 spiro atoms. The van der Waals surface area contributed by atoms with Crippen LogP contribution in [0.1, 0.15) is 16.8 Å². The molecule has 0 atom stereocenters. The zero-order chi connectivity index (χ0) is 12.4. The van der Waals surface area contributed by atoms with Crippen LogP contribution >= 0.6 is 0 Å². The number of nitrogens with zero attached hydrogens (tertiary/aromatic N) is 2. The second kappa shape index (κ2) is 4.59. The van der Waals surface area contributed by atoms with Gasteiger partial charge in [-0.3, -0.25) is 0 Å². The zero-order valence-electron chi connectivity index (χ0n) is 9.87. The summed E-state index contributed by atoms with van der Waals surface area (Å²) in [5.41, 5.74) is 9.00. The Bertz CT molecular complexity index is 552. The third kappa shape index (κ3) is 2.17. The summed E-state index contributed by atoms with van der Waals surface area (Å²) in [6.07, 6.45) is 1.34. The van der Waals surface area contributed by atoms with Gasteiger partial charge in [0.1, 0.15) is 12.0 Å². The Kier molecular flexibility index (Phi) is 3.15. The molecule has 0 aliphatic heterocycles. The van der Waals surface area contributed by atoms with Gasteiger partial charge in [0, 0.05) is 12.1 Å². The van der Waals surface area contributed by atoms with Crippen molar-refractivity contribution in [2.24, 2.45) is 5.73 Å². The first-order valence-electron chi connectivity index (χ1n) is 5.40. The van der Waals surface area contributed by atoms with Gasteiger partial charge < -0.3 is 5.73 Å². The van der Waals surface area contributed by atoms with Crippen molar-refractivity contribution in [1.29, 1.82) is 0 Å². The topological polar surface area (TPSA) is 51.8 Å². The smallest absolute Gasteiger partial charge is 0.172 e. The first-order valence-corrected chi connectivity index (χ1v) is 5.40. The van der Waals surface area contributed by atoms with E-state index in [0.717, 1.165) is 11.1 Å². The van der Waals surface area contributed by atoms with Gasteiger partial charge in [0.15, 0.2) is 5.82 Å². The van der Waals surface area contributed by atoms with Gasteiger partial charge in [-0.1, -0.05) is 12.1 Å². The molecule has 0 bridgehead atoms. The SMILES string of the molecule is Cc1ccc(-c2ncnc(CN)c2F)cc1C. The van der Waals surface area contributed by atoms with Crippen LogP contribution in [-0.4, -0.2) is 9.97 Å². The third-order valence-corrected chi connectivity index (χ3v) is 2.84. The van der Waals surface area contributed by atoms with E-state index in [2.05, 4.69) is 9.97 Å². The Labute approximate surface area is 99.5 Å². The summed E-state index contributed by atoms with van der Waals surface area (Å²) in [5, 5.41) is 0. The highest BCUT2D eigenvalue weighted by molar-refractivity contribution is 5.61. The van der Waals surface area contributed by atoms with Gasteiger partial charge in [-0.25, -0.2) is 14.4 Å². The second-order valence-electron chi connectivity index (χ2n) is 3.99. The van der Waals surface area contributed by atoms with Gasteiger partial charge in [-0.2, -0.15) is 0 Å². The summed E-state index contributed by atoms with van der Waals surface area (Å²) >= 11 is 0. The highest BCUT2D eigenvalue weighted by Gasteiger charge is 2.12. The van der Waals surface area contributed by atoms with Crippen molar-refractivity contribution >= 4 is 0 Å². The lowest BCUT2D eigenvalue weighted by atomic mass is 10.0. The lowest BCUT2D eigenvalue weighted by Crippen LogP contribution is -2.05. The van der Waals surface area contributed by atoms with E-state index in [0.29, 0.717) is 5.69 Å². The predicted molar refractivity (Wildman–Crippen MR) is 64.8 cm³/mol. The van der Waals surface area contributed by atoms with E-state index in [1.165, 1.54) is 11.9 Å². The van der Waals surface area contributed by atoms with Crippen LogP contribution in [-0.2, 0) is 6.54 Å². The monoisotopic (exact) mass is 231 g/mol. The van der Waals surface area contributed by atoms with Gasteiger partial charge >= 0.3 is 0 Å². The summed E-state index contributed by atoms with van der Waals surface area (Å²) in [5.74, 6) is -0.432. The highest BCUT2D eigenvalue weighted by atomic mass is 19.1. The Balaban J connectivity index is 2.56. The quantitative estimate of drug-likeness (QED) is 0.863. The van der Waals surface area contributed by atoms with Gasteiger partial charge in [0.25, 0.3) is 0 Å². The molecule has 2 rings (SSSR count). The van der Waals surface area contributed by atoms with Crippen molar-refractivity contribution in [1.82, 2.24) is 9.97 Å². The Morgan fingerprint density at radius 3 is 2.59 bits per heavy atom. The molecule has 1 aromatic carbocycles. The molecule has 0 saturated heterocycles. The number of halogens is 1. The van der Waals surface area contributed by atoms with Crippen molar-refractivity contribution < 1.29 is 4.39 Å². The van der Waals surface area contributed by atoms with E-state index >= 15 is 0 Å². The molecule has 3 nitrogen and oxygen atoms in total. The molecule has 0 unspecified atom stereocenters. The lowest BCUT2D eigenvalue weighted by molar-refractivity contribution is 0.596. The molecule has 88 valence electrons. The molecule has 2 N–H and O–H groups in total. The summed E-state index contributed by atoms with van der Waals surface area (Å²) in [4.78, 5) is 7.80. The zero-order valence-corrected chi connectivity index (χ0v) is 9.87. The van der Waals surface area contributed by atoms with Gasteiger partial charge in [0.2, 0.25) is 0 Å². The van der Waals surface area contributed by atoms with E-state index in [1.807, 2.05) is 32.0 Å². The lowest BCUT2D eigenvalue weighted by Gasteiger charge is -2.07. The molecular weight excluding hydrogens is 217 g/mol. The maximum atomic E-state index is 14.0. The maximum Gasteiger partial charge on any atom is 0.172 e. The molecule has 1 aromatic heterocycles.